The Balaban J connectivity index is 2.17. The molecule has 4 nitrogen and oxygen atoms in total. The number of nitrogen functional groups attached to an aromatic ring is 1. The summed E-state index contributed by atoms with van der Waals surface area (Å²) >= 11 is 0. The SMILES string of the molecule is COc1ccc(-c2cc3c(cnn3C)cc2N)cc1. The Hall–Kier alpha value is -2.49. The average Bonchev–Trinajstić information content (AvgIpc) is 2.79. The molecule has 0 fully saturated rings. The number of nitrogens with zero attached hydrogens (tertiary/aromatic N) is 2. The van der Waals surface area contributed by atoms with Crippen molar-refractivity contribution in [1.29, 1.82) is 0 Å². The highest BCUT2D eigenvalue weighted by Gasteiger charge is 2.08. The summed E-state index contributed by atoms with van der Waals surface area (Å²) in [5.74, 6) is 0.837. The second-order valence-corrected chi connectivity index (χ2v) is 4.49. The maximum atomic E-state index is 6.13. The van der Waals surface area contributed by atoms with Gasteiger partial charge in [-0.25, -0.2) is 0 Å². The highest BCUT2D eigenvalue weighted by atomic mass is 16.5. The van der Waals surface area contributed by atoms with Crippen LogP contribution < -0.4 is 10.5 Å². The van der Waals surface area contributed by atoms with Crippen molar-refractivity contribution in [2.75, 3.05) is 12.8 Å². The third-order valence-corrected chi connectivity index (χ3v) is 3.32. The molecule has 1 aromatic heterocycles. The van der Waals surface area contributed by atoms with E-state index in [1.165, 1.54) is 0 Å². The molecule has 0 radical (unpaired) electrons. The van der Waals surface area contributed by atoms with E-state index in [2.05, 4.69) is 11.2 Å². The number of rotatable bonds is 2. The highest BCUT2D eigenvalue weighted by molar-refractivity contribution is 5.91. The minimum atomic E-state index is 0.755. The number of anilines is 1. The van der Waals surface area contributed by atoms with E-state index in [0.717, 1.165) is 33.5 Å². The van der Waals surface area contributed by atoms with Gasteiger partial charge in [-0.1, -0.05) is 12.1 Å². The number of benzene rings is 2. The lowest BCUT2D eigenvalue weighted by Gasteiger charge is -2.08. The fourth-order valence-electron chi connectivity index (χ4n) is 2.24. The van der Waals surface area contributed by atoms with Gasteiger partial charge in [0.25, 0.3) is 0 Å². The molecule has 96 valence electrons. The van der Waals surface area contributed by atoms with E-state index < -0.39 is 0 Å². The predicted octanol–water partition coefficient (Wildman–Crippen LogP) is 2.83. The Bertz CT molecular complexity index is 729. The van der Waals surface area contributed by atoms with Crippen LogP contribution in [0.4, 0.5) is 5.69 Å². The summed E-state index contributed by atoms with van der Waals surface area (Å²) < 4.78 is 7.02. The summed E-state index contributed by atoms with van der Waals surface area (Å²) in [6.45, 7) is 0. The Kier molecular flexibility index (Phi) is 2.63. The van der Waals surface area contributed by atoms with Crippen molar-refractivity contribution in [2.24, 2.45) is 7.05 Å². The van der Waals surface area contributed by atoms with Crippen LogP contribution >= 0.6 is 0 Å². The number of ether oxygens (including phenoxy) is 1. The van der Waals surface area contributed by atoms with Crippen LogP contribution in [0.25, 0.3) is 22.0 Å². The van der Waals surface area contributed by atoms with Crippen LogP contribution in [0.15, 0.2) is 42.6 Å². The van der Waals surface area contributed by atoms with Crippen LogP contribution in [0.1, 0.15) is 0 Å². The first-order valence-electron chi connectivity index (χ1n) is 6.04. The molecule has 3 rings (SSSR count). The van der Waals surface area contributed by atoms with E-state index in [-0.39, 0.29) is 0 Å². The molecule has 0 aliphatic heterocycles. The first kappa shape index (κ1) is 11.6. The summed E-state index contributed by atoms with van der Waals surface area (Å²) in [5.41, 5.74) is 10.0. The molecule has 2 N–H and O–H groups in total. The van der Waals surface area contributed by atoms with Crippen molar-refractivity contribution in [2.45, 2.75) is 0 Å². The molecular weight excluding hydrogens is 238 g/mol. The Morgan fingerprint density at radius 3 is 2.58 bits per heavy atom. The predicted molar refractivity (Wildman–Crippen MR) is 77.1 cm³/mol. The summed E-state index contributed by atoms with van der Waals surface area (Å²) in [5, 5.41) is 5.29. The average molecular weight is 253 g/mol. The fraction of sp³-hybridized carbons (Fsp3) is 0.133. The monoisotopic (exact) mass is 253 g/mol. The summed E-state index contributed by atoms with van der Waals surface area (Å²) in [7, 11) is 3.58. The molecular formula is C15H15N3O. The van der Waals surface area contributed by atoms with Gasteiger partial charge in [-0.15, -0.1) is 0 Å². The van der Waals surface area contributed by atoms with Crippen LogP contribution in [0.2, 0.25) is 0 Å². The van der Waals surface area contributed by atoms with Gasteiger partial charge in [-0.05, 0) is 29.8 Å². The van der Waals surface area contributed by atoms with Gasteiger partial charge in [0, 0.05) is 23.7 Å². The second-order valence-electron chi connectivity index (χ2n) is 4.49. The molecule has 0 bridgehead atoms. The van der Waals surface area contributed by atoms with Gasteiger partial charge in [-0.2, -0.15) is 5.10 Å². The van der Waals surface area contributed by atoms with Gasteiger partial charge < -0.3 is 10.5 Å². The maximum absolute atomic E-state index is 6.13. The first-order chi connectivity index (χ1) is 9.19. The summed E-state index contributed by atoms with van der Waals surface area (Å²) in [4.78, 5) is 0. The van der Waals surface area contributed by atoms with E-state index in [0.29, 0.717) is 0 Å². The molecule has 0 saturated carbocycles. The van der Waals surface area contributed by atoms with Crippen LogP contribution in [-0.4, -0.2) is 16.9 Å². The van der Waals surface area contributed by atoms with Gasteiger partial charge in [0.1, 0.15) is 5.75 Å². The van der Waals surface area contributed by atoms with Gasteiger partial charge >= 0.3 is 0 Å². The van der Waals surface area contributed by atoms with Gasteiger partial charge in [-0.3, -0.25) is 4.68 Å². The first-order valence-corrected chi connectivity index (χ1v) is 6.04. The third kappa shape index (κ3) is 1.91. The van der Waals surface area contributed by atoms with Crippen LogP contribution in [-0.2, 0) is 7.05 Å². The van der Waals surface area contributed by atoms with Crippen molar-refractivity contribution >= 4 is 16.6 Å². The zero-order valence-corrected chi connectivity index (χ0v) is 10.9. The van der Waals surface area contributed by atoms with E-state index in [4.69, 9.17) is 10.5 Å². The van der Waals surface area contributed by atoms with Crippen molar-refractivity contribution < 1.29 is 4.74 Å². The number of hydrogen-bond donors (Lipinski definition) is 1. The van der Waals surface area contributed by atoms with Crippen molar-refractivity contribution in [3.63, 3.8) is 0 Å². The van der Waals surface area contributed by atoms with E-state index in [1.54, 1.807) is 7.11 Å². The van der Waals surface area contributed by atoms with Crippen molar-refractivity contribution in [1.82, 2.24) is 9.78 Å². The number of nitrogens with two attached hydrogens (primary N) is 1. The smallest absolute Gasteiger partial charge is 0.118 e. The lowest BCUT2D eigenvalue weighted by atomic mass is 10.0. The number of methoxy groups -OCH3 is 1. The molecule has 0 aliphatic carbocycles. The van der Waals surface area contributed by atoms with Crippen LogP contribution in [0.5, 0.6) is 5.75 Å². The largest absolute Gasteiger partial charge is 0.497 e. The normalized spacial score (nSPS) is 10.8. The van der Waals surface area contributed by atoms with Crippen molar-refractivity contribution in [3.05, 3.63) is 42.6 Å². The Morgan fingerprint density at radius 1 is 1.16 bits per heavy atom. The quantitative estimate of drug-likeness (QED) is 0.714. The zero-order chi connectivity index (χ0) is 13.4. The molecule has 0 unspecified atom stereocenters. The molecule has 0 amide bonds. The number of hydrogen-bond acceptors (Lipinski definition) is 3. The van der Waals surface area contributed by atoms with Crippen LogP contribution in [0, 0.1) is 0 Å². The second kappa shape index (κ2) is 4.31. The standard InChI is InChI=1S/C15H15N3O/c1-18-15-8-13(14(16)7-11(15)9-17-18)10-3-5-12(19-2)6-4-10/h3-9H,16H2,1-2H3. The lowest BCUT2D eigenvalue weighted by Crippen LogP contribution is -1.93. The molecule has 0 saturated heterocycles. The number of aryl methyl sites for hydroxylation is 1. The van der Waals surface area contributed by atoms with Gasteiger partial charge in [0.2, 0.25) is 0 Å². The minimum Gasteiger partial charge on any atom is -0.497 e. The number of fused-ring (bicyclic) bond motifs is 1. The van der Waals surface area contributed by atoms with E-state index >= 15 is 0 Å². The minimum absolute atomic E-state index is 0.755. The Morgan fingerprint density at radius 2 is 1.89 bits per heavy atom. The summed E-state index contributed by atoms with van der Waals surface area (Å²) in [6.07, 6.45) is 1.82. The lowest BCUT2D eigenvalue weighted by molar-refractivity contribution is 0.415. The summed E-state index contributed by atoms with van der Waals surface area (Å²) in [6, 6.07) is 11.9. The molecule has 4 heteroatoms. The molecule has 1 heterocycles. The third-order valence-electron chi connectivity index (χ3n) is 3.32. The highest BCUT2D eigenvalue weighted by Crippen LogP contribution is 2.31. The zero-order valence-electron chi connectivity index (χ0n) is 10.9. The fourth-order valence-corrected chi connectivity index (χ4v) is 2.24. The van der Waals surface area contributed by atoms with Gasteiger partial charge in [0.05, 0.1) is 18.8 Å². The van der Waals surface area contributed by atoms with Crippen molar-refractivity contribution in [3.8, 4) is 16.9 Å². The topological polar surface area (TPSA) is 53.1 Å². The number of aromatic nitrogens is 2. The maximum Gasteiger partial charge on any atom is 0.118 e. The molecule has 3 aromatic rings. The van der Waals surface area contributed by atoms with E-state index in [1.807, 2.05) is 48.3 Å². The van der Waals surface area contributed by atoms with Crippen LogP contribution in [0.3, 0.4) is 0 Å². The molecule has 0 atom stereocenters. The molecule has 0 spiro atoms. The van der Waals surface area contributed by atoms with Gasteiger partial charge in [0.15, 0.2) is 0 Å². The molecule has 0 aliphatic rings. The van der Waals surface area contributed by atoms with E-state index in [9.17, 15) is 0 Å². The molecule has 19 heavy (non-hydrogen) atoms. The Labute approximate surface area is 111 Å². The molecule has 2 aromatic carbocycles.